The van der Waals surface area contributed by atoms with E-state index in [4.69, 9.17) is 4.98 Å². The van der Waals surface area contributed by atoms with Gasteiger partial charge in [-0.25, -0.2) is 4.98 Å². The smallest absolute Gasteiger partial charge is 0.227 e. The van der Waals surface area contributed by atoms with Crippen molar-refractivity contribution in [1.29, 1.82) is 0 Å². The molecule has 0 unspecified atom stereocenters. The van der Waals surface area contributed by atoms with E-state index >= 15 is 0 Å². The SMILES string of the molecule is CN(c1nccc(Nc2cc(C3CC3)[nH]n2)n1)C1CCC(CC(=O)NC2Cc3ccccc3C2)CC1. The molecule has 0 radical (unpaired) electrons. The molecular formula is C28H35N7O. The largest absolute Gasteiger partial charge is 0.353 e. The fraction of sp³-hybridized carbons (Fsp3) is 0.500. The van der Waals surface area contributed by atoms with E-state index in [9.17, 15) is 4.79 Å². The minimum absolute atomic E-state index is 0.204. The van der Waals surface area contributed by atoms with Crippen molar-refractivity contribution in [2.75, 3.05) is 17.3 Å². The van der Waals surface area contributed by atoms with Crippen molar-refractivity contribution in [2.45, 2.75) is 75.8 Å². The van der Waals surface area contributed by atoms with Gasteiger partial charge in [0.05, 0.1) is 0 Å². The van der Waals surface area contributed by atoms with Gasteiger partial charge in [-0.15, -0.1) is 0 Å². The maximum Gasteiger partial charge on any atom is 0.227 e. The van der Waals surface area contributed by atoms with Crippen LogP contribution in [-0.2, 0) is 17.6 Å². The van der Waals surface area contributed by atoms with Crippen molar-refractivity contribution in [3.63, 3.8) is 0 Å². The quantitative estimate of drug-likeness (QED) is 0.435. The van der Waals surface area contributed by atoms with Crippen LogP contribution in [0.4, 0.5) is 17.6 Å². The molecule has 0 spiro atoms. The molecule has 2 heterocycles. The van der Waals surface area contributed by atoms with Gasteiger partial charge in [0, 0.05) is 49.4 Å². The second-order valence-corrected chi connectivity index (χ2v) is 10.8. The zero-order valence-electron chi connectivity index (χ0n) is 20.9. The van der Waals surface area contributed by atoms with E-state index in [1.165, 1.54) is 29.7 Å². The third-order valence-electron chi connectivity index (χ3n) is 8.08. The molecule has 3 N–H and O–H groups in total. The fourth-order valence-electron chi connectivity index (χ4n) is 5.83. The first-order valence-corrected chi connectivity index (χ1v) is 13.3. The Morgan fingerprint density at radius 3 is 2.50 bits per heavy atom. The van der Waals surface area contributed by atoms with Crippen molar-refractivity contribution < 1.29 is 4.79 Å². The van der Waals surface area contributed by atoms with E-state index in [-0.39, 0.29) is 11.9 Å². The van der Waals surface area contributed by atoms with Crippen LogP contribution in [-0.4, -0.2) is 45.2 Å². The number of benzene rings is 1. The van der Waals surface area contributed by atoms with Gasteiger partial charge >= 0.3 is 0 Å². The van der Waals surface area contributed by atoms with Gasteiger partial charge < -0.3 is 15.5 Å². The van der Waals surface area contributed by atoms with Gasteiger partial charge in [0.25, 0.3) is 0 Å². The van der Waals surface area contributed by atoms with Crippen molar-refractivity contribution in [3.05, 3.63) is 59.4 Å². The maximum atomic E-state index is 12.7. The molecule has 0 aliphatic heterocycles. The van der Waals surface area contributed by atoms with Crippen LogP contribution in [0, 0.1) is 5.92 Å². The molecular weight excluding hydrogens is 450 g/mol. The standard InChI is InChI=1S/C28H35N7O/c1-35(28-29-13-12-25(32-28)31-26-17-24(33-34-26)19-8-9-19)23-10-6-18(7-11-23)14-27(36)30-22-15-20-4-2-3-5-21(20)16-22/h2-5,12-13,17-19,22-23H,6-11,14-16H2,1H3,(H,30,36)(H2,29,31,32,33,34). The zero-order valence-corrected chi connectivity index (χ0v) is 20.9. The fourth-order valence-corrected chi connectivity index (χ4v) is 5.83. The molecule has 8 heteroatoms. The first-order chi connectivity index (χ1) is 17.6. The molecule has 3 aliphatic rings. The number of rotatable bonds is 8. The molecule has 0 saturated heterocycles. The Labute approximate surface area is 212 Å². The Morgan fingerprint density at radius 1 is 1.03 bits per heavy atom. The predicted molar refractivity (Wildman–Crippen MR) is 140 cm³/mol. The van der Waals surface area contributed by atoms with Crippen LogP contribution in [0.5, 0.6) is 0 Å². The molecule has 1 aromatic carbocycles. The minimum atomic E-state index is 0.204. The minimum Gasteiger partial charge on any atom is -0.353 e. The van der Waals surface area contributed by atoms with Gasteiger partial charge in [-0.05, 0) is 74.5 Å². The molecule has 0 bridgehead atoms. The highest BCUT2D eigenvalue weighted by molar-refractivity contribution is 5.76. The van der Waals surface area contributed by atoms with E-state index in [1.807, 2.05) is 6.07 Å². The lowest BCUT2D eigenvalue weighted by atomic mass is 9.83. The lowest BCUT2D eigenvalue weighted by molar-refractivity contribution is -0.122. The lowest BCUT2D eigenvalue weighted by Gasteiger charge is -2.34. The summed E-state index contributed by atoms with van der Waals surface area (Å²) < 4.78 is 0. The molecule has 3 aliphatic carbocycles. The van der Waals surface area contributed by atoms with Gasteiger partial charge in [-0.3, -0.25) is 9.89 Å². The second-order valence-electron chi connectivity index (χ2n) is 10.8. The molecule has 188 valence electrons. The highest BCUT2D eigenvalue weighted by Gasteiger charge is 2.29. The number of carbonyl (C=O) groups excluding carboxylic acids is 1. The summed E-state index contributed by atoms with van der Waals surface area (Å²) in [6, 6.07) is 13.1. The highest BCUT2D eigenvalue weighted by Crippen LogP contribution is 2.39. The summed E-state index contributed by atoms with van der Waals surface area (Å²) in [5.41, 5.74) is 3.95. The number of nitrogens with one attached hydrogen (secondary N) is 3. The molecule has 36 heavy (non-hydrogen) atoms. The van der Waals surface area contributed by atoms with E-state index in [0.717, 1.165) is 56.1 Å². The second kappa shape index (κ2) is 9.91. The molecule has 0 atom stereocenters. The summed E-state index contributed by atoms with van der Waals surface area (Å²) in [5, 5.41) is 14.1. The molecule has 8 nitrogen and oxygen atoms in total. The average Bonchev–Trinajstić information content (AvgIpc) is 3.50. The van der Waals surface area contributed by atoms with E-state index in [1.54, 1.807) is 6.20 Å². The van der Waals surface area contributed by atoms with E-state index < -0.39 is 0 Å². The number of H-pyrrole nitrogens is 1. The van der Waals surface area contributed by atoms with Crippen LogP contribution in [0.25, 0.3) is 0 Å². The maximum absolute atomic E-state index is 12.7. The topological polar surface area (TPSA) is 98.8 Å². The zero-order chi connectivity index (χ0) is 24.5. The van der Waals surface area contributed by atoms with Crippen LogP contribution in [0.1, 0.15) is 67.7 Å². The Bertz CT molecular complexity index is 1190. The van der Waals surface area contributed by atoms with Gasteiger partial charge in [-0.1, -0.05) is 24.3 Å². The molecule has 2 fully saturated rings. The molecule has 6 rings (SSSR count). The molecule has 3 aromatic rings. The number of aromatic nitrogens is 4. The van der Waals surface area contributed by atoms with E-state index in [2.05, 4.69) is 68.1 Å². The number of aromatic amines is 1. The van der Waals surface area contributed by atoms with Crippen LogP contribution < -0.4 is 15.5 Å². The van der Waals surface area contributed by atoms with Crippen molar-refractivity contribution in [2.24, 2.45) is 5.92 Å². The summed E-state index contributed by atoms with van der Waals surface area (Å²) in [4.78, 5) is 24.2. The summed E-state index contributed by atoms with van der Waals surface area (Å²) in [6.07, 6.45) is 11.0. The third kappa shape index (κ3) is 5.22. The van der Waals surface area contributed by atoms with E-state index in [0.29, 0.717) is 24.3 Å². The summed E-state index contributed by atoms with van der Waals surface area (Å²) in [7, 11) is 2.08. The molecule has 1 amide bonds. The monoisotopic (exact) mass is 485 g/mol. The number of nitrogens with zero attached hydrogens (tertiary/aromatic N) is 4. The van der Waals surface area contributed by atoms with Crippen molar-refractivity contribution in [1.82, 2.24) is 25.5 Å². The van der Waals surface area contributed by atoms with Gasteiger partial charge in [0.1, 0.15) is 5.82 Å². The Hall–Kier alpha value is -3.42. The van der Waals surface area contributed by atoms with Gasteiger partial charge in [0.15, 0.2) is 5.82 Å². The van der Waals surface area contributed by atoms with Crippen LogP contribution in [0.15, 0.2) is 42.6 Å². The Balaban J connectivity index is 0.976. The van der Waals surface area contributed by atoms with Crippen LogP contribution >= 0.6 is 0 Å². The number of hydrogen-bond acceptors (Lipinski definition) is 6. The molecule has 2 aromatic heterocycles. The third-order valence-corrected chi connectivity index (χ3v) is 8.08. The van der Waals surface area contributed by atoms with Crippen molar-refractivity contribution >= 4 is 23.5 Å². The van der Waals surface area contributed by atoms with Crippen LogP contribution in [0.2, 0.25) is 0 Å². The Kier molecular flexibility index (Phi) is 6.34. The first-order valence-electron chi connectivity index (χ1n) is 13.3. The lowest BCUT2D eigenvalue weighted by Crippen LogP contribution is -2.39. The summed E-state index contributed by atoms with van der Waals surface area (Å²) >= 11 is 0. The van der Waals surface area contributed by atoms with Crippen molar-refractivity contribution in [3.8, 4) is 0 Å². The summed E-state index contributed by atoms with van der Waals surface area (Å²) in [5.74, 6) is 3.56. The number of amides is 1. The number of anilines is 3. The molecule has 2 saturated carbocycles. The van der Waals surface area contributed by atoms with Gasteiger partial charge in [0.2, 0.25) is 11.9 Å². The normalized spacial score (nSPS) is 21.7. The summed E-state index contributed by atoms with van der Waals surface area (Å²) in [6.45, 7) is 0. The first kappa shape index (κ1) is 23.0. The number of fused-ring (bicyclic) bond motifs is 1. The number of hydrogen-bond donors (Lipinski definition) is 3. The predicted octanol–water partition coefficient (Wildman–Crippen LogP) is 4.49. The van der Waals surface area contributed by atoms with Gasteiger partial charge in [-0.2, -0.15) is 10.1 Å². The highest BCUT2D eigenvalue weighted by atomic mass is 16.1. The van der Waals surface area contributed by atoms with Crippen LogP contribution in [0.3, 0.4) is 0 Å². The Morgan fingerprint density at radius 2 is 1.78 bits per heavy atom. The average molecular weight is 486 g/mol. The number of carbonyl (C=O) groups is 1.